The second-order valence-electron chi connectivity index (χ2n) is 4.77. The third-order valence-electron chi connectivity index (χ3n) is 3.47. The zero-order valence-electron chi connectivity index (χ0n) is 11.6. The van der Waals surface area contributed by atoms with Crippen molar-refractivity contribution in [2.75, 3.05) is 39.3 Å². The van der Waals surface area contributed by atoms with Gasteiger partial charge in [-0.3, -0.25) is 19.4 Å². The van der Waals surface area contributed by atoms with Gasteiger partial charge in [-0.2, -0.15) is 0 Å². The molecule has 2 aliphatic heterocycles. The van der Waals surface area contributed by atoms with Crippen LogP contribution in [0.3, 0.4) is 0 Å². The molecule has 0 N–H and O–H groups in total. The molecule has 7 heteroatoms. The quantitative estimate of drug-likeness (QED) is 0.392. The Morgan fingerprint density at radius 3 is 2.85 bits per heavy atom. The molecule has 7 nitrogen and oxygen atoms in total. The maximum Gasteiger partial charge on any atom is 0.328 e. The third-order valence-corrected chi connectivity index (χ3v) is 3.47. The maximum absolute atomic E-state index is 12.2. The Morgan fingerprint density at radius 1 is 1.45 bits per heavy atom. The van der Waals surface area contributed by atoms with Crippen LogP contribution in [0.15, 0.2) is 12.7 Å². The van der Waals surface area contributed by atoms with Crippen LogP contribution in [-0.2, 0) is 14.3 Å². The number of piperazine rings is 1. The first-order valence-corrected chi connectivity index (χ1v) is 6.69. The molecular weight excluding hydrogens is 262 g/mol. The summed E-state index contributed by atoms with van der Waals surface area (Å²) in [6, 6.07) is -0.892. The van der Waals surface area contributed by atoms with Crippen molar-refractivity contribution >= 4 is 17.9 Å². The third kappa shape index (κ3) is 2.67. The van der Waals surface area contributed by atoms with Crippen LogP contribution in [-0.4, -0.2) is 78.0 Å². The first-order chi connectivity index (χ1) is 9.58. The second kappa shape index (κ2) is 6.04. The second-order valence-corrected chi connectivity index (χ2v) is 4.77. The number of fused-ring (bicyclic) bond motifs is 1. The number of carbonyl (C=O) groups is 3. The van der Waals surface area contributed by atoms with Gasteiger partial charge < -0.3 is 9.64 Å². The Kier molecular flexibility index (Phi) is 4.39. The average Bonchev–Trinajstić information content (AvgIpc) is 2.65. The van der Waals surface area contributed by atoms with Gasteiger partial charge in [0.1, 0.15) is 12.6 Å². The molecule has 2 saturated heterocycles. The van der Waals surface area contributed by atoms with Gasteiger partial charge in [-0.05, 0) is 6.92 Å². The van der Waals surface area contributed by atoms with Crippen molar-refractivity contribution in [3.8, 4) is 0 Å². The highest BCUT2D eigenvalue weighted by atomic mass is 16.5. The predicted octanol–water partition coefficient (Wildman–Crippen LogP) is -0.316. The van der Waals surface area contributed by atoms with Crippen LogP contribution in [0.2, 0.25) is 0 Å². The van der Waals surface area contributed by atoms with Gasteiger partial charge in [-0.1, -0.05) is 6.08 Å². The van der Waals surface area contributed by atoms with Crippen molar-refractivity contribution in [2.24, 2.45) is 0 Å². The maximum atomic E-state index is 12.2. The molecule has 1 atom stereocenters. The molecule has 2 heterocycles. The minimum absolute atomic E-state index is 0.231. The van der Waals surface area contributed by atoms with Crippen LogP contribution >= 0.6 is 0 Å². The number of rotatable bonds is 5. The molecule has 0 aromatic heterocycles. The van der Waals surface area contributed by atoms with Crippen molar-refractivity contribution < 1.29 is 19.1 Å². The zero-order valence-corrected chi connectivity index (χ0v) is 11.6. The van der Waals surface area contributed by atoms with Crippen LogP contribution in [0, 0.1) is 0 Å². The monoisotopic (exact) mass is 281 g/mol. The summed E-state index contributed by atoms with van der Waals surface area (Å²) in [5.74, 6) is -0.881. The Morgan fingerprint density at radius 2 is 2.20 bits per heavy atom. The van der Waals surface area contributed by atoms with E-state index in [1.54, 1.807) is 13.0 Å². The number of carbonyl (C=O) groups excluding carboxylic acids is 3. The topological polar surface area (TPSA) is 70.2 Å². The Labute approximate surface area is 117 Å². The highest BCUT2D eigenvalue weighted by Gasteiger charge is 2.48. The van der Waals surface area contributed by atoms with Crippen molar-refractivity contribution in [3.05, 3.63) is 12.7 Å². The van der Waals surface area contributed by atoms with Gasteiger partial charge in [0.15, 0.2) is 0 Å². The molecule has 110 valence electrons. The van der Waals surface area contributed by atoms with Gasteiger partial charge in [0.25, 0.3) is 5.91 Å². The number of urea groups is 1. The van der Waals surface area contributed by atoms with Crippen molar-refractivity contribution in [3.63, 3.8) is 0 Å². The smallest absolute Gasteiger partial charge is 0.328 e. The molecule has 0 bridgehead atoms. The van der Waals surface area contributed by atoms with E-state index in [2.05, 4.69) is 11.5 Å². The number of hydrogen-bond donors (Lipinski definition) is 0. The molecule has 2 aliphatic rings. The minimum Gasteiger partial charge on any atom is -0.465 e. The summed E-state index contributed by atoms with van der Waals surface area (Å²) in [5, 5.41) is 0. The number of esters is 1. The van der Waals surface area contributed by atoms with Gasteiger partial charge in [0.2, 0.25) is 0 Å². The van der Waals surface area contributed by atoms with Crippen LogP contribution in [0.25, 0.3) is 0 Å². The number of ether oxygens (including phenoxy) is 1. The lowest BCUT2D eigenvalue weighted by atomic mass is 10.2. The van der Waals surface area contributed by atoms with Crippen LogP contribution < -0.4 is 0 Å². The van der Waals surface area contributed by atoms with Gasteiger partial charge in [-0.25, -0.2) is 4.79 Å². The van der Waals surface area contributed by atoms with Crippen LogP contribution in [0.5, 0.6) is 0 Å². The van der Waals surface area contributed by atoms with E-state index < -0.39 is 18.0 Å². The summed E-state index contributed by atoms with van der Waals surface area (Å²) in [7, 11) is 0. The highest BCUT2D eigenvalue weighted by molar-refractivity contribution is 6.06. The number of amides is 3. The van der Waals surface area contributed by atoms with E-state index in [4.69, 9.17) is 4.74 Å². The van der Waals surface area contributed by atoms with Crippen molar-refractivity contribution in [1.29, 1.82) is 0 Å². The van der Waals surface area contributed by atoms with Crippen molar-refractivity contribution in [2.45, 2.75) is 13.0 Å². The van der Waals surface area contributed by atoms with E-state index in [-0.39, 0.29) is 19.1 Å². The molecule has 0 saturated carbocycles. The van der Waals surface area contributed by atoms with Crippen LogP contribution in [0.4, 0.5) is 4.79 Å². The van der Waals surface area contributed by atoms with Gasteiger partial charge in [0, 0.05) is 26.2 Å². The number of imide groups is 1. The summed E-state index contributed by atoms with van der Waals surface area (Å²) >= 11 is 0. The fourth-order valence-electron chi connectivity index (χ4n) is 2.54. The zero-order chi connectivity index (χ0) is 14.7. The number of hydrogen-bond acceptors (Lipinski definition) is 5. The largest absolute Gasteiger partial charge is 0.465 e. The summed E-state index contributed by atoms with van der Waals surface area (Å²) < 4.78 is 4.79. The fraction of sp³-hybridized carbons (Fsp3) is 0.615. The molecule has 0 aromatic rings. The van der Waals surface area contributed by atoms with E-state index in [0.29, 0.717) is 26.2 Å². The Balaban J connectivity index is 2.04. The Hall–Kier alpha value is -1.89. The SMILES string of the molecule is C=CCN1CCN2C(=O)N(CC(=O)OCC)C(=O)C2C1. The standard InChI is InChI=1S/C13H19N3O4/c1-3-5-14-6-7-15-10(8-14)12(18)16(13(15)19)9-11(17)20-4-2/h3,10H,1,4-9H2,2H3. The van der Waals surface area contributed by atoms with Crippen LogP contribution in [0.1, 0.15) is 6.92 Å². The van der Waals surface area contributed by atoms with E-state index in [9.17, 15) is 14.4 Å². The van der Waals surface area contributed by atoms with E-state index in [1.165, 1.54) is 4.90 Å². The van der Waals surface area contributed by atoms with Gasteiger partial charge in [-0.15, -0.1) is 6.58 Å². The molecule has 0 aromatic carbocycles. The summed E-state index contributed by atoms with van der Waals surface area (Å²) in [6.07, 6.45) is 1.77. The average molecular weight is 281 g/mol. The lowest BCUT2D eigenvalue weighted by molar-refractivity contribution is -0.146. The van der Waals surface area contributed by atoms with E-state index >= 15 is 0 Å². The van der Waals surface area contributed by atoms with E-state index in [0.717, 1.165) is 4.90 Å². The minimum atomic E-state index is -0.558. The number of nitrogens with zero attached hydrogens (tertiary/aromatic N) is 3. The predicted molar refractivity (Wildman–Crippen MR) is 70.9 cm³/mol. The van der Waals surface area contributed by atoms with E-state index in [1.807, 2.05) is 0 Å². The highest BCUT2D eigenvalue weighted by Crippen LogP contribution is 2.21. The molecule has 0 aliphatic carbocycles. The first kappa shape index (κ1) is 14.5. The normalized spacial score (nSPS) is 22.9. The Bertz CT molecular complexity index is 437. The molecule has 0 spiro atoms. The molecule has 0 radical (unpaired) electrons. The molecule has 2 rings (SSSR count). The fourth-order valence-corrected chi connectivity index (χ4v) is 2.54. The summed E-state index contributed by atoms with van der Waals surface area (Å²) in [5.41, 5.74) is 0. The molecule has 20 heavy (non-hydrogen) atoms. The molecule has 2 fully saturated rings. The molecule has 3 amide bonds. The van der Waals surface area contributed by atoms with Gasteiger partial charge in [0.05, 0.1) is 6.61 Å². The molecular formula is C13H19N3O4. The van der Waals surface area contributed by atoms with Gasteiger partial charge >= 0.3 is 12.0 Å². The lowest BCUT2D eigenvalue weighted by Gasteiger charge is -2.34. The summed E-state index contributed by atoms with van der Waals surface area (Å²) in [4.78, 5) is 40.4. The summed E-state index contributed by atoms with van der Waals surface area (Å²) in [6.45, 7) is 7.64. The molecule has 1 unspecified atom stereocenters. The van der Waals surface area contributed by atoms with Crippen molar-refractivity contribution in [1.82, 2.24) is 14.7 Å². The first-order valence-electron chi connectivity index (χ1n) is 6.69. The lowest BCUT2D eigenvalue weighted by Crippen LogP contribution is -2.52.